The molecule has 8 nitrogen and oxygen atoms in total. The van der Waals surface area contributed by atoms with E-state index in [4.69, 9.17) is 9.15 Å². The van der Waals surface area contributed by atoms with Gasteiger partial charge in [0, 0.05) is 45.9 Å². The first-order chi connectivity index (χ1) is 14.3. The lowest BCUT2D eigenvalue weighted by Gasteiger charge is -2.34. The van der Waals surface area contributed by atoms with E-state index in [2.05, 4.69) is 30.4 Å². The molecule has 4 rings (SSSR count). The largest absolute Gasteiger partial charge is 0.490 e. The summed E-state index contributed by atoms with van der Waals surface area (Å²) in [5.74, 6) is 3.91. The molecule has 0 atom stereocenters. The molecule has 0 spiro atoms. The maximum absolute atomic E-state index is 6.07. The van der Waals surface area contributed by atoms with Crippen molar-refractivity contribution < 1.29 is 9.15 Å². The fourth-order valence-corrected chi connectivity index (χ4v) is 3.43. The zero-order valence-electron chi connectivity index (χ0n) is 17.0. The Morgan fingerprint density at radius 1 is 1.23 bits per heavy atom. The predicted molar refractivity (Wildman–Crippen MR) is 126 cm³/mol. The average Bonchev–Trinajstić information content (AvgIpc) is 3.45. The van der Waals surface area contributed by atoms with Gasteiger partial charge in [0.25, 0.3) is 0 Å². The summed E-state index contributed by atoms with van der Waals surface area (Å²) >= 11 is 0. The van der Waals surface area contributed by atoms with E-state index >= 15 is 0 Å². The number of likely N-dealkylation sites (tertiary alicyclic amines) is 1. The topological polar surface area (TPSA) is 91.6 Å². The first-order valence-electron chi connectivity index (χ1n) is 9.94. The van der Waals surface area contributed by atoms with Gasteiger partial charge >= 0.3 is 0 Å². The molecule has 3 aromatic rings. The highest BCUT2D eigenvalue weighted by Gasteiger charge is 2.22. The van der Waals surface area contributed by atoms with Crippen LogP contribution in [0.15, 0.2) is 58.1 Å². The number of hydrogen-bond acceptors (Lipinski definition) is 5. The van der Waals surface area contributed by atoms with Crippen molar-refractivity contribution in [3.63, 3.8) is 0 Å². The minimum atomic E-state index is 0. The van der Waals surface area contributed by atoms with Gasteiger partial charge in [0.05, 0.1) is 6.26 Å². The third kappa shape index (κ3) is 5.74. The number of furan rings is 1. The molecular formula is C21H27IN6O2. The summed E-state index contributed by atoms with van der Waals surface area (Å²) in [6.45, 7) is 2.56. The lowest BCUT2D eigenvalue weighted by Crippen LogP contribution is -2.47. The van der Waals surface area contributed by atoms with Crippen molar-refractivity contribution in [2.24, 2.45) is 4.99 Å². The highest BCUT2D eigenvalue weighted by Crippen LogP contribution is 2.19. The second kappa shape index (κ2) is 11.0. The lowest BCUT2D eigenvalue weighted by molar-refractivity contribution is 0.129. The van der Waals surface area contributed by atoms with Crippen LogP contribution in [-0.4, -0.2) is 58.8 Å². The van der Waals surface area contributed by atoms with E-state index in [1.807, 2.05) is 49.5 Å². The van der Waals surface area contributed by atoms with Crippen LogP contribution in [-0.2, 0) is 6.42 Å². The van der Waals surface area contributed by atoms with Crippen molar-refractivity contribution in [1.82, 2.24) is 25.4 Å². The third-order valence-corrected chi connectivity index (χ3v) is 4.92. The predicted octanol–water partition coefficient (Wildman–Crippen LogP) is 3.34. The molecule has 0 aliphatic carbocycles. The molecule has 1 aromatic carbocycles. The highest BCUT2D eigenvalue weighted by molar-refractivity contribution is 14.0. The number of guanidine groups is 1. The number of aromatic nitrogens is 3. The van der Waals surface area contributed by atoms with Gasteiger partial charge in [-0.25, -0.2) is 4.98 Å². The highest BCUT2D eigenvalue weighted by atomic mass is 127. The molecule has 0 radical (unpaired) electrons. The molecule has 9 heteroatoms. The summed E-state index contributed by atoms with van der Waals surface area (Å²) in [6, 6.07) is 13.7. The first-order valence-corrected chi connectivity index (χ1v) is 9.94. The molecule has 160 valence electrons. The molecule has 0 amide bonds. The number of rotatable bonds is 6. The number of para-hydroxylation sites is 1. The van der Waals surface area contributed by atoms with Gasteiger partial charge in [0.15, 0.2) is 11.7 Å². The fourth-order valence-electron chi connectivity index (χ4n) is 3.43. The molecule has 1 aliphatic rings. The molecular weight excluding hydrogens is 495 g/mol. The number of H-pyrrole nitrogens is 1. The number of benzene rings is 1. The van der Waals surface area contributed by atoms with Crippen LogP contribution in [0.2, 0.25) is 0 Å². The number of nitrogens with zero attached hydrogens (tertiary/aromatic N) is 4. The second-order valence-corrected chi connectivity index (χ2v) is 6.92. The van der Waals surface area contributed by atoms with E-state index in [0.717, 1.165) is 56.4 Å². The Hall–Kier alpha value is -2.56. The van der Waals surface area contributed by atoms with Gasteiger partial charge in [-0.15, -0.1) is 24.0 Å². The van der Waals surface area contributed by atoms with Crippen LogP contribution in [0.4, 0.5) is 0 Å². The van der Waals surface area contributed by atoms with Crippen molar-refractivity contribution in [3.8, 4) is 17.3 Å². The quantitative estimate of drug-likeness (QED) is 0.293. The molecule has 0 unspecified atom stereocenters. The number of hydrogen-bond donors (Lipinski definition) is 2. The molecule has 1 saturated heterocycles. The molecule has 30 heavy (non-hydrogen) atoms. The Bertz CT molecular complexity index is 905. The number of aromatic amines is 1. The molecule has 0 saturated carbocycles. The van der Waals surface area contributed by atoms with Crippen molar-refractivity contribution in [2.75, 3.05) is 26.7 Å². The second-order valence-electron chi connectivity index (χ2n) is 6.92. The molecule has 3 heterocycles. The van der Waals surface area contributed by atoms with E-state index < -0.39 is 0 Å². The van der Waals surface area contributed by atoms with Gasteiger partial charge in [0.2, 0.25) is 5.82 Å². The van der Waals surface area contributed by atoms with Gasteiger partial charge in [-0.1, -0.05) is 18.2 Å². The third-order valence-electron chi connectivity index (χ3n) is 4.92. The number of aliphatic imine (C=N–C) groups is 1. The van der Waals surface area contributed by atoms with Crippen LogP contribution >= 0.6 is 24.0 Å². The summed E-state index contributed by atoms with van der Waals surface area (Å²) in [4.78, 5) is 11.2. The Labute approximate surface area is 193 Å². The maximum Gasteiger partial charge on any atom is 0.216 e. The number of halogens is 1. The fraction of sp³-hybridized carbons (Fsp3) is 0.381. The Balaban J connectivity index is 0.00000256. The summed E-state index contributed by atoms with van der Waals surface area (Å²) < 4.78 is 11.4. The van der Waals surface area contributed by atoms with Gasteiger partial charge in [-0.2, -0.15) is 5.10 Å². The number of ether oxygens (including phenoxy) is 1. The Kier molecular flexibility index (Phi) is 8.12. The lowest BCUT2D eigenvalue weighted by atomic mass is 10.1. The Morgan fingerprint density at radius 3 is 2.73 bits per heavy atom. The van der Waals surface area contributed by atoms with Crippen LogP contribution in [0.3, 0.4) is 0 Å². The van der Waals surface area contributed by atoms with Gasteiger partial charge < -0.3 is 19.4 Å². The summed E-state index contributed by atoms with van der Waals surface area (Å²) in [5.41, 5.74) is 0. The van der Waals surface area contributed by atoms with E-state index in [1.165, 1.54) is 0 Å². The first kappa shape index (κ1) is 22.1. The maximum atomic E-state index is 6.07. The zero-order valence-corrected chi connectivity index (χ0v) is 19.3. The molecule has 2 N–H and O–H groups in total. The van der Waals surface area contributed by atoms with E-state index in [1.54, 1.807) is 6.26 Å². The molecule has 1 aliphatic heterocycles. The van der Waals surface area contributed by atoms with Crippen molar-refractivity contribution in [1.29, 1.82) is 0 Å². The van der Waals surface area contributed by atoms with Gasteiger partial charge in [-0.3, -0.25) is 10.1 Å². The van der Waals surface area contributed by atoms with E-state index in [9.17, 15) is 0 Å². The minimum absolute atomic E-state index is 0. The van der Waals surface area contributed by atoms with Crippen LogP contribution in [0, 0.1) is 0 Å². The van der Waals surface area contributed by atoms with E-state index in [-0.39, 0.29) is 30.1 Å². The van der Waals surface area contributed by atoms with Crippen LogP contribution < -0.4 is 10.1 Å². The van der Waals surface area contributed by atoms with Crippen molar-refractivity contribution >= 4 is 29.9 Å². The average molecular weight is 522 g/mol. The summed E-state index contributed by atoms with van der Waals surface area (Å²) in [7, 11) is 1.82. The number of nitrogens with one attached hydrogen (secondary N) is 2. The van der Waals surface area contributed by atoms with Crippen molar-refractivity contribution in [3.05, 3.63) is 54.6 Å². The van der Waals surface area contributed by atoms with Crippen LogP contribution in [0.25, 0.3) is 11.6 Å². The van der Waals surface area contributed by atoms with Crippen LogP contribution in [0.5, 0.6) is 5.75 Å². The van der Waals surface area contributed by atoms with Crippen molar-refractivity contribution in [2.45, 2.75) is 25.4 Å². The normalized spacial score (nSPS) is 15.0. The molecule has 2 aromatic heterocycles. The zero-order chi connectivity index (χ0) is 19.9. The standard InChI is InChI=1S/C21H26N6O2.HI/c1-22-21(23-12-9-19-24-20(26-25-19)18-8-5-15-28-18)27-13-10-17(11-14-27)29-16-6-3-2-4-7-16;/h2-8,15,17H,9-14H2,1H3,(H,22,23)(H,24,25,26);1H. The van der Waals surface area contributed by atoms with Gasteiger partial charge in [0.1, 0.15) is 17.7 Å². The summed E-state index contributed by atoms with van der Waals surface area (Å²) in [6.07, 6.45) is 4.54. The SMILES string of the molecule is CN=C(NCCc1nc(-c2ccco2)n[nH]1)N1CCC(Oc2ccccc2)CC1.I. The monoisotopic (exact) mass is 522 g/mol. The minimum Gasteiger partial charge on any atom is -0.490 e. The number of piperidine rings is 1. The molecule has 1 fully saturated rings. The molecule has 0 bridgehead atoms. The summed E-state index contributed by atoms with van der Waals surface area (Å²) in [5, 5.41) is 10.6. The smallest absolute Gasteiger partial charge is 0.216 e. The van der Waals surface area contributed by atoms with Gasteiger partial charge in [-0.05, 0) is 24.3 Å². The van der Waals surface area contributed by atoms with E-state index in [0.29, 0.717) is 11.6 Å². The van der Waals surface area contributed by atoms with Crippen LogP contribution in [0.1, 0.15) is 18.7 Å². The Morgan fingerprint density at radius 2 is 2.03 bits per heavy atom.